The normalized spacial score (nSPS) is 14.2. The van der Waals surface area contributed by atoms with Crippen LogP contribution in [-0.2, 0) is 11.3 Å². The number of aromatic nitrogens is 2. The van der Waals surface area contributed by atoms with Crippen molar-refractivity contribution in [2.24, 2.45) is 0 Å². The number of piperazine rings is 1. The van der Waals surface area contributed by atoms with Gasteiger partial charge in [0, 0.05) is 31.7 Å². The van der Waals surface area contributed by atoms with Crippen molar-refractivity contribution in [3.8, 4) is 11.5 Å². The zero-order valence-electron chi connectivity index (χ0n) is 15.3. The highest BCUT2D eigenvalue weighted by Crippen LogP contribution is 2.16. The van der Waals surface area contributed by atoms with Crippen molar-refractivity contribution in [2.45, 2.75) is 6.54 Å². The maximum atomic E-state index is 13.0. The first-order valence-corrected chi connectivity index (χ1v) is 9.83. The lowest BCUT2D eigenvalue weighted by atomic mass is 10.2. The number of benzene rings is 1. The molecule has 2 aromatic heterocycles. The highest BCUT2D eigenvalue weighted by molar-refractivity contribution is 7.12. The predicted molar refractivity (Wildman–Crippen MR) is 103 cm³/mol. The summed E-state index contributed by atoms with van der Waals surface area (Å²) in [5.41, 5.74) is 0.440. The Labute approximate surface area is 168 Å². The van der Waals surface area contributed by atoms with Crippen LogP contribution in [0.4, 0.5) is 4.39 Å². The summed E-state index contributed by atoms with van der Waals surface area (Å²) in [5.74, 6) is -1.47. The molecule has 0 unspecified atom stereocenters. The zero-order chi connectivity index (χ0) is 20.4. The lowest BCUT2D eigenvalue weighted by Crippen LogP contribution is -2.51. The van der Waals surface area contributed by atoms with Crippen LogP contribution >= 0.6 is 11.3 Å². The largest absolute Gasteiger partial charge is 0.437 e. The summed E-state index contributed by atoms with van der Waals surface area (Å²) in [5, 5.41) is 5.88. The molecular weight excluding hydrogens is 399 g/mol. The van der Waals surface area contributed by atoms with Gasteiger partial charge in [-0.2, -0.15) is 4.68 Å². The number of carbonyl (C=O) groups excluding carboxylic acids is 2. The first-order valence-electron chi connectivity index (χ1n) is 8.96. The molecule has 0 bridgehead atoms. The van der Waals surface area contributed by atoms with Crippen LogP contribution in [0.2, 0.25) is 0 Å². The van der Waals surface area contributed by atoms with Crippen LogP contribution in [0.25, 0.3) is 11.5 Å². The van der Waals surface area contributed by atoms with Crippen LogP contribution < -0.4 is 5.76 Å². The van der Waals surface area contributed by atoms with Crippen molar-refractivity contribution in [1.82, 2.24) is 19.6 Å². The highest BCUT2D eigenvalue weighted by atomic mass is 32.1. The Hall–Kier alpha value is -3.27. The number of halogens is 1. The fourth-order valence-electron chi connectivity index (χ4n) is 3.06. The Morgan fingerprint density at radius 2 is 1.76 bits per heavy atom. The van der Waals surface area contributed by atoms with Crippen LogP contribution in [0.15, 0.2) is 51.0 Å². The van der Waals surface area contributed by atoms with Gasteiger partial charge in [0.05, 0.1) is 4.88 Å². The molecule has 4 rings (SSSR count). The van der Waals surface area contributed by atoms with E-state index in [-0.39, 0.29) is 24.2 Å². The minimum atomic E-state index is -0.760. The first kappa shape index (κ1) is 19.1. The molecule has 8 nitrogen and oxygen atoms in total. The molecule has 3 aromatic rings. The van der Waals surface area contributed by atoms with E-state index in [9.17, 15) is 18.8 Å². The average molecular weight is 416 g/mol. The molecular formula is C19H17FN4O4S. The molecule has 1 aliphatic heterocycles. The third kappa shape index (κ3) is 4.11. The van der Waals surface area contributed by atoms with E-state index in [0.717, 1.165) is 4.68 Å². The summed E-state index contributed by atoms with van der Waals surface area (Å²) in [6.07, 6.45) is 0. The molecule has 0 aliphatic carbocycles. The number of carbonyl (C=O) groups is 2. The molecule has 3 heterocycles. The minimum Gasteiger partial charge on any atom is -0.388 e. The van der Waals surface area contributed by atoms with E-state index in [0.29, 0.717) is 36.6 Å². The van der Waals surface area contributed by atoms with E-state index in [1.54, 1.807) is 15.9 Å². The maximum Gasteiger partial charge on any atom is 0.437 e. The predicted octanol–water partition coefficient (Wildman–Crippen LogP) is 1.69. The number of hydrogen-bond acceptors (Lipinski definition) is 6. The second kappa shape index (κ2) is 8.00. The van der Waals surface area contributed by atoms with E-state index in [4.69, 9.17) is 4.42 Å². The van der Waals surface area contributed by atoms with Gasteiger partial charge in [-0.05, 0) is 35.7 Å². The fourth-order valence-corrected chi connectivity index (χ4v) is 3.75. The molecule has 1 fully saturated rings. The molecule has 150 valence electrons. The topological polar surface area (TPSA) is 88.6 Å². The zero-order valence-corrected chi connectivity index (χ0v) is 16.1. The monoisotopic (exact) mass is 416 g/mol. The molecule has 0 spiro atoms. The Balaban J connectivity index is 1.37. The van der Waals surface area contributed by atoms with Gasteiger partial charge >= 0.3 is 5.76 Å². The molecule has 0 N–H and O–H groups in total. The van der Waals surface area contributed by atoms with Crippen molar-refractivity contribution in [3.63, 3.8) is 0 Å². The van der Waals surface area contributed by atoms with Crippen molar-refractivity contribution in [1.29, 1.82) is 0 Å². The summed E-state index contributed by atoms with van der Waals surface area (Å²) in [6.45, 7) is 1.36. The van der Waals surface area contributed by atoms with Gasteiger partial charge in [-0.1, -0.05) is 6.07 Å². The second-order valence-corrected chi connectivity index (χ2v) is 7.44. The van der Waals surface area contributed by atoms with Gasteiger partial charge in [0.25, 0.3) is 5.91 Å². The van der Waals surface area contributed by atoms with Crippen molar-refractivity contribution in [3.05, 3.63) is 63.0 Å². The quantitative estimate of drug-likeness (QED) is 0.646. The summed E-state index contributed by atoms with van der Waals surface area (Å²) in [7, 11) is 0. The Kier molecular flexibility index (Phi) is 5.26. The summed E-state index contributed by atoms with van der Waals surface area (Å²) in [6, 6.07) is 8.95. The van der Waals surface area contributed by atoms with Crippen molar-refractivity contribution in [2.75, 3.05) is 26.2 Å². The van der Waals surface area contributed by atoms with E-state index in [1.807, 2.05) is 11.4 Å². The summed E-state index contributed by atoms with van der Waals surface area (Å²) >= 11 is 1.39. The number of rotatable bonds is 4. The molecule has 0 atom stereocenters. The number of amides is 2. The maximum absolute atomic E-state index is 13.0. The molecule has 0 saturated carbocycles. The van der Waals surface area contributed by atoms with Crippen LogP contribution in [0.3, 0.4) is 0 Å². The number of nitrogens with zero attached hydrogens (tertiary/aromatic N) is 4. The third-order valence-electron chi connectivity index (χ3n) is 4.63. The Morgan fingerprint density at radius 1 is 1.07 bits per heavy atom. The Morgan fingerprint density at radius 3 is 2.41 bits per heavy atom. The smallest absolute Gasteiger partial charge is 0.388 e. The van der Waals surface area contributed by atoms with Crippen LogP contribution in [0.5, 0.6) is 0 Å². The van der Waals surface area contributed by atoms with E-state index in [2.05, 4.69) is 5.10 Å². The number of thiophene rings is 1. The van der Waals surface area contributed by atoms with Crippen molar-refractivity contribution >= 4 is 23.2 Å². The fraction of sp³-hybridized carbons (Fsp3) is 0.263. The van der Waals surface area contributed by atoms with E-state index in [1.165, 1.54) is 35.6 Å². The SMILES string of the molecule is O=C(Cn1nc(-c2ccc(F)cc2)oc1=O)N1CCN(C(=O)c2cccs2)CC1. The number of hydrogen-bond donors (Lipinski definition) is 0. The van der Waals surface area contributed by atoms with Gasteiger partial charge in [0.2, 0.25) is 11.8 Å². The van der Waals surface area contributed by atoms with Crippen LogP contribution in [-0.4, -0.2) is 57.6 Å². The lowest BCUT2D eigenvalue weighted by molar-refractivity contribution is -0.133. The average Bonchev–Trinajstić information content (AvgIpc) is 3.39. The second-order valence-electron chi connectivity index (χ2n) is 6.49. The third-order valence-corrected chi connectivity index (χ3v) is 5.49. The molecule has 1 aromatic carbocycles. The first-order chi connectivity index (χ1) is 14.0. The van der Waals surface area contributed by atoms with Gasteiger partial charge in [0.1, 0.15) is 12.4 Å². The molecule has 0 radical (unpaired) electrons. The lowest BCUT2D eigenvalue weighted by Gasteiger charge is -2.34. The van der Waals surface area contributed by atoms with Gasteiger partial charge in [-0.25, -0.2) is 9.18 Å². The highest BCUT2D eigenvalue weighted by Gasteiger charge is 2.26. The van der Waals surface area contributed by atoms with Gasteiger partial charge in [-0.3, -0.25) is 9.59 Å². The molecule has 10 heteroatoms. The molecule has 1 aliphatic rings. The van der Waals surface area contributed by atoms with E-state index < -0.39 is 11.6 Å². The van der Waals surface area contributed by atoms with Gasteiger partial charge in [0.15, 0.2) is 0 Å². The molecule has 29 heavy (non-hydrogen) atoms. The van der Waals surface area contributed by atoms with Crippen molar-refractivity contribution < 1.29 is 18.4 Å². The van der Waals surface area contributed by atoms with Crippen LogP contribution in [0.1, 0.15) is 9.67 Å². The standard InChI is InChI=1S/C19H17FN4O4S/c20-14-5-3-13(4-6-14)17-21-24(19(27)28-17)12-16(25)22-7-9-23(10-8-22)18(26)15-2-1-11-29-15/h1-6,11H,7-10,12H2. The van der Waals surface area contributed by atoms with E-state index >= 15 is 0 Å². The minimum absolute atomic E-state index is 0.0224. The Bertz CT molecular complexity index is 1070. The molecule has 2 amide bonds. The summed E-state index contributed by atoms with van der Waals surface area (Å²) in [4.78, 5) is 40.9. The van der Waals surface area contributed by atoms with Gasteiger partial charge in [-0.15, -0.1) is 16.4 Å². The summed E-state index contributed by atoms with van der Waals surface area (Å²) < 4.78 is 19.0. The molecule has 1 saturated heterocycles. The van der Waals surface area contributed by atoms with Crippen LogP contribution in [0, 0.1) is 5.82 Å². The van der Waals surface area contributed by atoms with Gasteiger partial charge < -0.3 is 14.2 Å².